The number of rotatable bonds is 3. The van der Waals surface area contributed by atoms with E-state index in [0.717, 1.165) is 18.7 Å². The standard InChI is InChI=1S/C15H17ClFN3/c1-8(2)20-14(18)13(19-15(20)9-6-7-9)10-4-3-5-11(16)12(10)17/h3-5,8-9H,6-7,18H2,1-2H3. The van der Waals surface area contributed by atoms with Crippen molar-refractivity contribution in [2.24, 2.45) is 0 Å². The smallest absolute Gasteiger partial charge is 0.151 e. The number of nitrogens with two attached hydrogens (primary N) is 1. The van der Waals surface area contributed by atoms with Crippen molar-refractivity contribution in [2.75, 3.05) is 5.73 Å². The highest BCUT2D eigenvalue weighted by molar-refractivity contribution is 6.31. The van der Waals surface area contributed by atoms with Crippen LogP contribution in [0.4, 0.5) is 10.2 Å². The summed E-state index contributed by atoms with van der Waals surface area (Å²) < 4.78 is 16.2. The summed E-state index contributed by atoms with van der Waals surface area (Å²) in [5, 5.41) is 0.0916. The Balaban J connectivity index is 2.19. The van der Waals surface area contributed by atoms with Crippen LogP contribution in [0.15, 0.2) is 18.2 Å². The van der Waals surface area contributed by atoms with Crippen LogP contribution in [0.2, 0.25) is 5.02 Å². The maximum atomic E-state index is 14.2. The van der Waals surface area contributed by atoms with E-state index in [9.17, 15) is 4.39 Å². The summed E-state index contributed by atoms with van der Waals surface area (Å²) in [5.41, 5.74) is 7.08. The Labute approximate surface area is 122 Å². The Bertz CT molecular complexity index is 659. The van der Waals surface area contributed by atoms with Gasteiger partial charge in [0.25, 0.3) is 0 Å². The monoisotopic (exact) mass is 293 g/mol. The minimum absolute atomic E-state index is 0.0916. The van der Waals surface area contributed by atoms with Crippen LogP contribution in [0, 0.1) is 5.82 Å². The van der Waals surface area contributed by atoms with Crippen molar-refractivity contribution >= 4 is 17.4 Å². The molecular formula is C15H17ClFN3. The number of nitrogen functional groups attached to an aromatic ring is 1. The fourth-order valence-corrected chi connectivity index (χ4v) is 2.69. The molecule has 3 rings (SSSR count). The Morgan fingerprint density at radius 3 is 2.70 bits per heavy atom. The summed E-state index contributed by atoms with van der Waals surface area (Å²) in [6.07, 6.45) is 2.25. The van der Waals surface area contributed by atoms with Crippen molar-refractivity contribution in [1.29, 1.82) is 0 Å². The molecule has 0 amide bonds. The fourth-order valence-electron chi connectivity index (χ4n) is 2.52. The summed E-state index contributed by atoms with van der Waals surface area (Å²) in [4.78, 5) is 4.60. The topological polar surface area (TPSA) is 43.8 Å². The number of hydrogen-bond acceptors (Lipinski definition) is 2. The quantitative estimate of drug-likeness (QED) is 0.912. The van der Waals surface area contributed by atoms with Gasteiger partial charge in [0.2, 0.25) is 0 Å². The van der Waals surface area contributed by atoms with Crippen molar-refractivity contribution in [3.05, 3.63) is 34.9 Å². The highest BCUT2D eigenvalue weighted by Gasteiger charge is 2.32. The molecule has 0 atom stereocenters. The summed E-state index contributed by atoms with van der Waals surface area (Å²) in [5.74, 6) is 1.47. The second-order valence-electron chi connectivity index (χ2n) is 5.54. The average molecular weight is 294 g/mol. The summed E-state index contributed by atoms with van der Waals surface area (Å²) in [6, 6.07) is 5.11. The van der Waals surface area contributed by atoms with Crippen LogP contribution >= 0.6 is 11.6 Å². The highest BCUT2D eigenvalue weighted by atomic mass is 35.5. The highest BCUT2D eigenvalue weighted by Crippen LogP contribution is 2.44. The number of imidazole rings is 1. The van der Waals surface area contributed by atoms with Gasteiger partial charge < -0.3 is 10.3 Å². The molecule has 2 aromatic rings. The van der Waals surface area contributed by atoms with Gasteiger partial charge in [-0.05, 0) is 38.8 Å². The zero-order valence-corrected chi connectivity index (χ0v) is 12.3. The van der Waals surface area contributed by atoms with E-state index in [1.807, 2.05) is 4.57 Å². The molecular weight excluding hydrogens is 277 g/mol. The van der Waals surface area contributed by atoms with Gasteiger partial charge in [-0.3, -0.25) is 0 Å². The van der Waals surface area contributed by atoms with E-state index in [1.54, 1.807) is 12.1 Å². The lowest BCUT2D eigenvalue weighted by atomic mass is 10.1. The van der Waals surface area contributed by atoms with E-state index < -0.39 is 5.82 Å². The van der Waals surface area contributed by atoms with Gasteiger partial charge in [-0.25, -0.2) is 9.37 Å². The zero-order chi connectivity index (χ0) is 14.4. The molecule has 1 aliphatic rings. The van der Waals surface area contributed by atoms with Gasteiger partial charge in [0.15, 0.2) is 5.82 Å². The minimum Gasteiger partial charge on any atom is -0.383 e. The van der Waals surface area contributed by atoms with Gasteiger partial charge in [-0.2, -0.15) is 0 Å². The maximum absolute atomic E-state index is 14.2. The molecule has 1 heterocycles. The van der Waals surface area contributed by atoms with Crippen LogP contribution in [0.25, 0.3) is 11.3 Å². The average Bonchev–Trinajstić information content (AvgIpc) is 3.17. The van der Waals surface area contributed by atoms with Gasteiger partial charge >= 0.3 is 0 Å². The van der Waals surface area contributed by atoms with Gasteiger partial charge in [-0.1, -0.05) is 17.7 Å². The van der Waals surface area contributed by atoms with Crippen LogP contribution in [0.5, 0.6) is 0 Å². The SMILES string of the molecule is CC(C)n1c(C2CC2)nc(-c2cccc(Cl)c2F)c1N. The van der Waals surface area contributed by atoms with Gasteiger partial charge in [0, 0.05) is 17.5 Å². The van der Waals surface area contributed by atoms with E-state index in [1.165, 1.54) is 6.07 Å². The predicted octanol–water partition coefficient (Wildman–Crippen LogP) is 4.38. The number of benzene rings is 1. The van der Waals surface area contributed by atoms with Crippen molar-refractivity contribution in [3.8, 4) is 11.3 Å². The number of anilines is 1. The van der Waals surface area contributed by atoms with Crippen LogP contribution in [-0.4, -0.2) is 9.55 Å². The lowest BCUT2D eigenvalue weighted by Gasteiger charge is -2.13. The number of nitrogens with zero attached hydrogens (tertiary/aromatic N) is 2. The Morgan fingerprint density at radius 2 is 2.10 bits per heavy atom. The van der Waals surface area contributed by atoms with Crippen molar-refractivity contribution < 1.29 is 4.39 Å². The molecule has 0 aliphatic heterocycles. The number of hydrogen-bond donors (Lipinski definition) is 1. The van der Waals surface area contributed by atoms with E-state index in [2.05, 4.69) is 18.8 Å². The predicted molar refractivity (Wildman–Crippen MR) is 79.4 cm³/mol. The third-order valence-electron chi connectivity index (χ3n) is 3.64. The normalized spacial score (nSPS) is 15.1. The number of aromatic nitrogens is 2. The molecule has 3 nitrogen and oxygen atoms in total. The lowest BCUT2D eigenvalue weighted by molar-refractivity contribution is 0.576. The maximum Gasteiger partial charge on any atom is 0.151 e. The zero-order valence-electron chi connectivity index (χ0n) is 11.5. The van der Waals surface area contributed by atoms with Crippen LogP contribution in [-0.2, 0) is 0 Å². The molecule has 0 saturated heterocycles. The fraction of sp³-hybridized carbons (Fsp3) is 0.400. The lowest BCUT2D eigenvalue weighted by Crippen LogP contribution is -2.09. The Morgan fingerprint density at radius 1 is 1.40 bits per heavy atom. The second kappa shape index (κ2) is 4.77. The molecule has 0 unspecified atom stereocenters. The molecule has 1 aromatic carbocycles. The largest absolute Gasteiger partial charge is 0.383 e. The third kappa shape index (κ3) is 2.08. The molecule has 5 heteroatoms. The van der Waals surface area contributed by atoms with E-state index in [0.29, 0.717) is 23.0 Å². The van der Waals surface area contributed by atoms with Crippen LogP contribution < -0.4 is 5.73 Å². The van der Waals surface area contributed by atoms with Gasteiger partial charge in [0.05, 0.1) is 5.02 Å². The van der Waals surface area contributed by atoms with E-state index >= 15 is 0 Å². The number of halogens is 2. The van der Waals surface area contributed by atoms with Gasteiger partial charge in [0.1, 0.15) is 17.3 Å². The molecule has 1 fully saturated rings. The van der Waals surface area contributed by atoms with Gasteiger partial charge in [-0.15, -0.1) is 0 Å². The minimum atomic E-state index is -0.461. The van der Waals surface area contributed by atoms with Crippen LogP contribution in [0.3, 0.4) is 0 Å². The Kier molecular flexibility index (Phi) is 3.21. The molecule has 1 aliphatic carbocycles. The molecule has 1 aromatic heterocycles. The first-order valence-corrected chi connectivity index (χ1v) is 7.20. The molecule has 20 heavy (non-hydrogen) atoms. The molecule has 106 valence electrons. The third-order valence-corrected chi connectivity index (χ3v) is 3.93. The summed E-state index contributed by atoms with van der Waals surface area (Å²) in [7, 11) is 0. The first-order chi connectivity index (χ1) is 9.50. The molecule has 0 bridgehead atoms. The molecule has 1 saturated carbocycles. The molecule has 0 radical (unpaired) electrons. The first kappa shape index (κ1) is 13.4. The van der Waals surface area contributed by atoms with Crippen molar-refractivity contribution in [2.45, 2.75) is 38.6 Å². The van der Waals surface area contributed by atoms with Crippen molar-refractivity contribution in [3.63, 3.8) is 0 Å². The molecule has 0 spiro atoms. The Hall–Kier alpha value is -1.55. The van der Waals surface area contributed by atoms with Crippen molar-refractivity contribution in [1.82, 2.24) is 9.55 Å². The first-order valence-electron chi connectivity index (χ1n) is 6.82. The van der Waals surface area contributed by atoms with Crippen LogP contribution in [0.1, 0.15) is 44.5 Å². The summed E-state index contributed by atoms with van der Waals surface area (Å²) in [6.45, 7) is 4.12. The van der Waals surface area contributed by atoms with E-state index in [-0.39, 0.29) is 11.1 Å². The second-order valence-corrected chi connectivity index (χ2v) is 5.95. The summed E-state index contributed by atoms with van der Waals surface area (Å²) >= 11 is 5.85. The van der Waals surface area contributed by atoms with E-state index in [4.69, 9.17) is 17.3 Å². The molecule has 2 N–H and O–H groups in total.